The van der Waals surface area contributed by atoms with E-state index in [1.807, 2.05) is 9.80 Å². The predicted molar refractivity (Wildman–Crippen MR) is 92.6 cm³/mol. The summed E-state index contributed by atoms with van der Waals surface area (Å²) in [5.41, 5.74) is 0. The topological polar surface area (TPSA) is 52.7 Å². The van der Waals surface area contributed by atoms with E-state index in [2.05, 4.69) is 5.32 Å². The standard InChI is InChI=1S/C17H29N3O2.ClH/c21-16(8-7-14-4-1-2-5-14)19-10-3-6-15(13-19)20-11-9-18-12-17(20)22;/h14-15,18H,1-13H2;1H. The van der Waals surface area contributed by atoms with Crippen LogP contribution in [0.5, 0.6) is 0 Å². The van der Waals surface area contributed by atoms with Crippen LogP contribution in [0.2, 0.25) is 0 Å². The first kappa shape index (κ1) is 18.5. The lowest BCUT2D eigenvalue weighted by Crippen LogP contribution is -2.57. The van der Waals surface area contributed by atoms with Gasteiger partial charge in [-0.1, -0.05) is 25.7 Å². The van der Waals surface area contributed by atoms with E-state index in [4.69, 9.17) is 0 Å². The maximum absolute atomic E-state index is 12.5. The van der Waals surface area contributed by atoms with Gasteiger partial charge in [-0.05, 0) is 25.2 Å². The predicted octanol–water partition coefficient (Wildman–Crippen LogP) is 1.80. The van der Waals surface area contributed by atoms with E-state index >= 15 is 0 Å². The molecule has 1 N–H and O–H groups in total. The minimum absolute atomic E-state index is 0. The van der Waals surface area contributed by atoms with Crippen LogP contribution in [0.3, 0.4) is 0 Å². The fourth-order valence-corrected chi connectivity index (χ4v) is 4.23. The molecule has 6 heteroatoms. The van der Waals surface area contributed by atoms with Gasteiger partial charge in [0.25, 0.3) is 0 Å². The molecule has 1 unspecified atom stereocenters. The van der Waals surface area contributed by atoms with Crippen molar-refractivity contribution >= 4 is 24.2 Å². The number of rotatable bonds is 4. The van der Waals surface area contributed by atoms with Crippen LogP contribution < -0.4 is 5.32 Å². The quantitative estimate of drug-likeness (QED) is 0.847. The molecule has 23 heavy (non-hydrogen) atoms. The molecule has 2 amide bonds. The summed E-state index contributed by atoms with van der Waals surface area (Å²) in [6.45, 7) is 3.73. The van der Waals surface area contributed by atoms with Crippen molar-refractivity contribution < 1.29 is 9.59 Å². The fourth-order valence-electron chi connectivity index (χ4n) is 4.23. The van der Waals surface area contributed by atoms with E-state index in [1.54, 1.807) is 0 Å². The van der Waals surface area contributed by atoms with Crippen molar-refractivity contribution in [2.24, 2.45) is 5.92 Å². The lowest BCUT2D eigenvalue weighted by molar-refractivity contribution is -0.140. The Morgan fingerprint density at radius 2 is 1.91 bits per heavy atom. The Labute approximate surface area is 145 Å². The van der Waals surface area contributed by atoms with Gasteiger partial charge in [-0.2, -0.15) is 0 Å². The Hall–Kier alpha value is -0.810. The molecule has 1 atom stereocenters. The molecule has 5 nitrogen and oxygen atoms in total. The van der Waals surface area contributed by atoms with Crippen LogP contribution >= 0.6 is 12.4 Å². The van der Waals surface area contributed by atoms with Gasteiger partial charge < -0.3 is 15.1 Å². The van der Waals surface area contributed by atoms with E-state index in [9.17, 15) is 9.59 Å². The van der Waals surface area contributed by atoms with Crippen molar-refractivity contribution in [3.63, 3.8) is 0 Å². The largest absolute Gasteiger partial charge is 0.341 e. The van der Waals surface area contributed by atoms with Gasteiger partial charge in [0.05, 0.1) is 6.54 Å². The zero-order valence-electron chi connectivity index (χ0n) is 14.0. The van der Waals surface area contributed by atoms with Crippen molar-refractivity contribution in [1.29, 1.82) is 0 Å². The highest BCUT2D eigenvalue weighted by Gasteiger charge is 2.31. The minimum Gasteiger partial charge on any atom is -0.341 e. The molecule has 0 aromatic rings. The second kappa shape index (κ2) is 8.88. The molecular weight excluding hydrogens is 314 g/mol. The Bertz CT molecular complexity index is 413. The van der Waals surface area contributed by atoms with Crippen molar-refractivity contribution in [3.05, 3.63) is 0 Å². The smallest absolute Gasteiger partial charge is 0.236 e. The van der Waals surface area contributed by atoms with Crippen molar-refractivity contribution in [2.75, 3.05) is 32.7 Å². The molecule has 1 saturated carbocycles. The molecule has 0 spiro atoms. The zero-order chi connectivity index (χ0) is 15.4. The van der Waals surface area contributed by atoms with Gasteiger partial charge in [-0.15, -0.1) is 12.4 Å². The number of nitrogens with one attached hydrogen (secondary N) is 1. The highest BCUT2D eigenvalue weighted by molar-refractivity contribution is 5.85. The molecule has 2 aliphatic heterocycles. The van der Waals surface area contributed by atoms with Crippen molar-refractivity contribution in [1.82, 2.24) is 15.1 Å². The molecule has 3 aliphatic rings. The average molecular weight is 344 g/mol. The highest BCUT2D eigenvalue weighted by Crippen LogP contribution is 2.29. The summed E-state index contributed by atoms with van der Waals surface area (Å²) in [4.78, 5) is 28.5. The number of nitrogens with zero attached hydrogens (tertiary/aromatic N) is 2. The molecule has 2 heterocycles. The molecule has 3 fully saturated rings. The van der Waals surface area contributed by atoms with Crippen LogP contribution in [0.15, 0.2) is 0 Å². The van der Waals surface area contributed by atoms with Gasteiger partial charge in [0.2, 0.25) is 11.8 Å². The third kappa shape index (κ3) is 4.83. The number of likely N-dealkylation sites (tertiary alicyclic amines) is 1. The Balaban J connectivity index is 0.00000192. The number of halogens is 1. The number of carbonyl (C=O) groups is 2. The van der Waals surface area contributed by atoms with Crippen LogP contribution in [-0.4, -0.2) is 60.4 Å². The highest BCUT2D eigenvalue weighted by atomic mass is 35.5. The molecule has 1 aliphatic carbocycles. The number of amides is 2. The summed E-state index contributed by atoms with van der Waals surface area (Å²) in [6, 6.07) is 0.235. The second-order valence-electron chi connectivity index (χ2n) is 7.09. The molecule has 0 bridgehead atoms. The van der Waals surface area contributed by atoms with Crippen LogP contribution in [-0.2, 0) is 9.59 Å². The lowest BCUT2D eigenvalue weighted by atomic mass is 9.99. The third-order valence-corrected chi connectivity index (χ3v) is 5.56. The maximum atomic E-state index is 12.5. The number of piperazine rings is 1. The first-order valence-corrected chi connectivity index (χ1v) is 9.02. The van der Waals surface area contributed by atoms with Crippen LogP contribution in [0.4, 0.5) is 0 Å². The first-order chi connectivity index (χ1) is 10.7. The average Bonchev–Trinajstić information content (AvgIpc) is 3.06. The van der Waals surface area contributed by atoms with Gasteiger partial charge in [0.1, 0.15) is 0 Å². The SMILES string of the molecule is Cl.O=C(CCC1CCCC1)N1CCCC(N2CCNCC2=O)C1. The van der Waals surface area contributed by atoms with E-state index in [-0.39, 0.29) is 24.4 Å². The van der Waals surface area contributed by atoms with Crippen molar-refractivity contribution in [3.8, 4) is 0 Å². The number of piperidine rings is 1. The summed E-state index contributed by atoms with van der Waals surface area (Å²) >= 11 is 0. The van der Waals surface area contributed by atoms with E-state index in [1.165, 1.54) is 25.7 Å². The second-order valence-corrected chi connectivity index (χ2v) is 7.09. The van der Waals surface area contributed by atoms with Crippen LogP contribution in [0, 0.1) is 5.92 Å². The molecular formula is C17H30ClN3O2. The normalized spacial score (nSPS) is 26.3. The summed E-state index contributed by atoms with van der Waals surface area (Å²) in [5.74, 6) is 1.27. The molecule has 0 radical (unpaired) electrons. The third-order valence-electron chi connectivity index (χ3n) is 5.56. The summed E-state index contributed by atoms with van der Waals surface area (Å²) in [7, 11) is 0. The first-order valence-electron chi connectivity index (χ1n) is 9.02. The monoisotopic (exact) mass is 343 g/mol. The maximum Gasteiger partial charge on any atom is 0.236 e. The van der Waals surface area contributed by atoms with Crippen molar-refractivity contribution in [2.45, 2.75) is 57.4 Å². The van der Waals surface area contributed by atoms with E-state index < -0.39 is 0 Å². The molecule has 2 saturated heterocycles. The van der Waals surface area contributed by atoms with Gasteiger partial charge in [0, 0.05) is 38.6 Å². The van der Waals surface area contributed by atoms with Crippen LogP contribution in [0.1, 0.15) is 51.4 Å². The van der Waals surface area contributed by atoms with E-state index in [0.29, 0.717) is 18.9 Å². The van der Waals surface area contributed by atoms with E-state index in [0.717, 1.165) is 51.4 Å². The summed E-state index contributed by atoms with van der Waals surface area (Å²) in [5, 5.41) is 3.12. The molecule has 0 aromatic carbocycles. The van der Waals surface area contributed by atoms with Gasteiger partial charge in [-0.3, -0.25) is 9.59 Å². The minimum atomic E-state index is 0. The number of hydrogen-bond acceptors (Lipinski definition) is 3. The van der Waals surface area contributed by atoms with Gasteiger partial charge in [-0.25, -0.2) is 0 Å². The Morgan fingerprint density at radius 3 is 2.65 bits per heavy atom. The summed E-state index contributed by atoms with van der Waals surface area (Å²) in [6.07, 6.45) is 9.14. The number of hydrogen-bond donors (Lipinski definition) is 1. The number of carbonyl (C=O) groups excluding carboxylic acids is 2. The van der Waals surface area contributed by atoms with Crippen LogP contribution in [0.25, 0.3) is 0 Å². The zero-order valence-corrected chi connectivity index (χ0v) is 14.8. The Morgan fingerprint density at radius 1 is 1.13 bits per heavy atom. The lowest BCUT2D eigenvalue weighted by Gasteiger charge is -2.41. The fraction of sp³-hybridized carbons (Fsp3) is 0.882. The Kier molecular flexibility index (Phi) is 7.15. The summed E-state index contributed by atoms with van der Waals surface area (Å²) < 4.78 is 0. The van der Waals surface area contributed by atoms with Gasteiger partial charge >= 0.3 is 0 Å². The van der Waals surface area contributed by atoms with Gasteiger partial charge in [0.15, 0.2) is 0 Å². The molecule has 0 aromatic heterocycles. The molecule has 3 rings (SSSR count). The molecule has 132 valence electrons.